The minimum absolute atomic E-state index is 0.115. The molecule has 2 saturated heterocycles. The lowest BCUT2D eigenvalue weighted by Gasteiger charge is -2.50. The van der Waals surface area contributed by atoms with Crippen LogP contribution in [0, 0.1) is 5.82 Å². The van der Waals surface area contributed by atoms with E-state index in [9.17, 15) is 4.39 Å². The van der Waals surface area contributed by atoms with E-state index in [4.69, 9.17) is 23.2 Å². The first-order chi connectivity index (χ1) is 10.1. The number of halogens is 3. The number of anilines is 1. The molecule has 0 radical (unpaired) electrons. The van der Waals surface area contributed by atoms with E-state index in [0.29, 0.717) is 18.1 Å². The van der Waals surface area contributed by atoms with E-state index in [2.05, 4.69) is 17.1 Å². The van der Waals surface area contributed by atoms with Gasteiger partial charge in [-0.1, -0.05) is 30.1 Å². The van der Waals surface area contributed by atoms with Gasteiger partial charge in [0.2, 0.25) is 0 Å². The van der Waals surface area contributed by atoms with E-state index in [1.807, 2.05) is 0 Å². The van der Waals surface area contributed by atoms with Crippen molar-refractivity contribution in [1.29, 1.82) is 0 Å². The van der Waals surface area contributed by atoms with Crippen molar-refractivity contribution in [2.75, 3.05) is 11.4 Å². The number of rotatable bonds is 3. The molecule has 3 rings (SSSR count). The molecular formula is C16H21Cl2FN2. The lowest BCUT2D eigenvalue weighted by Crippen LogP contribution is -2.56. The Labute approximate surface area is 135 Å². The van der Waals surface area contributed by atoms with Crippen LogP contribution < -0.4 is 10.2 Å². The van der Waals surface area contributed by atoms with Gasteiger partial charge in [-0.3, -0.25) is 0 Å². The molecule has 1 aromatic carbocycles. The molecule has 2 nitrogen and oxygen atoms in total. The van der Waals surface area contributed by atoms with Gasteiger partial charge in [-0.2, -0.15) is 0 Å². The Kier molecular flexibility index (Phi) is 4.63. The predicted octanol–water partition coefficient (Wildman–Crippen LogP) is 4.63. The fourth-order valence-electron chi connectivity index (χ4n) is 3.95. The largest absolute Gasteiger partial charge is 0.365 e. The highest BCUT2D eigenvalue weighted by molar-refractivity contribution is 6.35. The average Bonchev–Trinajstić information content (AvgIpc) is 2.43. The minimum Gasteiger partial charge on any atom is -0.365 e. The van der Waals surface area contributed by atoms with Gasteiger partial charge in [0.05, 0.1) is 10.0 Å². The highest BCUT2D eigenvalue weighted by Gasteiger charge is 2.38. The summed E-state index contributed by atoms with van der Waals surface area (Å²) in [5.41, 5.74) is 0.969. The van der Waals surface area contributed by atoms with Crippen molar-refractivity contribution in [3.05, 3.63) is 28.0 Å². The summed E-state index contributed by atoms with van der Waals surface area (Å²) in [5, 5.41) is 3.81. The van der Waals surface area contributed by atoms with Crippen LogP contribution in [0.4, 0.5) is 10.1 Å². The number of benzene rings is 1. The van der Waals surface area contributed by atoms with Crippen LogP contribution in [-0.2, 0) is 0 Å². The van der Waals surface area contributed by atoms with E-state index >= 15 is 0 Å². The fraction of sp³-hybridized carbons (Fsp3) is 0.625. The number of nitrogens with zero attached hydrogens (tertiary/aromatic N) is 1. The summed E-state index contributed by atoms with van der Waals surface area (Å²) in [7, 11) is 0. The number of fused-ring (bicyclic) bond motifs is 2. The average molecular weight is 331 g/mol. The zero-order chi connectivity index (χ0) is 15.0. The molecule has 21 heavy (non-hydrogen) atoms. The summed E-state index contributed by atoms with van der Waals surface area (Å²) >= 11 is 11.9. The number of hydrogen-bond acceptors (Lipinski definition) is 2. The maximum absolute atomic E-state index is 13.6. The Hall–Kier alpha value is -0.510. The molecule has 2 unspecified atom stereocenters. The van der Waals surface area contributed by atoms with Crippen LogP contribution in [0.2, 0.25) is 10.0 Å². The first kappa shape index (κ1) is 15.4. The lowest BCUT2D eigenvalue weighted by molar-refractivity contribution is 0.247. The maximum atomic E-state index is 13.6. The van der Waals surface area contributed by atoms with Crippen LogP contribution in [0.3, 0.4) is 0 Å². The Balaban J connectivity index is 1.88. The molecule has 0 spiro atoms. The Bertz CT molecular complexity index is 486. The molecule has 2 heterocycles. The summed E-state index contributed by atoms with van der Waals surface area (Å²) in [6.45, 7) is 3.17. The number of nitrogens with one attached hydrogen (secondary N) is 1. The summed E-state index contributed by atoms with van der Waals surface area (Å²) < 4.78 is 13.6. The Morgan fingerprint density at radius 3 is 2.29 bits per heavy atom. The lowest BCUT2D eigenvalue weighted by atomic mass is 9.81. The predicted molar refractivity (Wildman–Crippen MR) is 87.0 cm³/mol. The second-order valence-corrected chi connectivity index (χ2v) is 6.91. The highest BCUT2D eigenvalue weighted by atomic mass is 35.5. The maximum Gasteiger partial charge on any atom is 0.160 e. The van der Waals surface area contributed by atoms with Gasteiger partial charge in [0, 0.05) is 23.8 Å². The summed E-state index contributed by atoms with van der Waals surface area (Å²) in [4.78, 5) is 2.43. The summed E-state index contributed by atoms with van der Waals surface area (Å²) in [5.74, 6) is -0.519. The van der Waals surface area contributed by atoms with Crippen molar-refractivity contribution in [3.8, 4) is 0 Å². The quantitative estimate of drug-likeness (QED) is 0.812. The summed E-state index contributed by atoms with van der Waals surface area (Å²) in [6.07, 6.45) is 5.91. The third kappa shape index (κ3) is 3.01. The van der Waals surface area contributed by atoms with Crippen LogP contribution >= 0.6 is 23.2 Å². The molecule has 116 valence electrons. The standard InChI is InChI=1S/C16H21Cl2FN2/c1-2-20-10-6-11-4-3-5-12(7-10)21(11)13-8-14(17)16(19)15(18)9-13/h8-12,20H,2-7H2,1H3. The minimum atomic E-state index is -0.519. The van der Waals surface area contributed by atoms with Crippen LogP contribution in [0.25, 0.3) is 0 Å². The fourth-order valence-corrected chi connectivity index (χ4v) is 4.43. The molecule has 2 atom stereocenters. The van der Waals surface area contributed by atoms with Gasteiger partial charge >= 0.3 is 0 Å². The first-order valence-electron chi connectivity index (χ1n) is 7.76. The third-order valence-corrected chi connectivity index (χ3v) is 5.28. The smallest absolute Gasteiger partial charge is 0.160 e. The molecule has 5 heteroatoms. The normalized spacial score (nSPS) is 28.8. The van der Waals surface area contributed by atoms with E-state index in [0.717, 1.165) is 25.1 Å². The van der Waals surface area contributed by atoms with Gasteiger partial charge in [-0.05, 0) is 50.8 Å². The Morgan fingerprint density at radius 1 is 1.19 bits per heavy atom. The van der Waals surface area contributed by atoms with Crippen molar-refractivity contribution in [2.24, 2.45) is 0 Å². The van der Waals surface area contributed by atoms with Gasteiger partial charge < -0.3 is 10.2 Å². The zero-order valence-electron chi connectivity index (χ0n) is 12.2. The zero-order valence-corrected chi connectivity index (χ0v) is 13.7. The van der Waals surface area contributed by atoms with Crippen LogP contribution in [0.5, 0.6) is 0 Å². The van der Waals surface area contributed by atoms with Gasteiger partial charge in [-0.25, -0.2) is 4.39 Å². The molecule has 2 aliphatic heterocycles. The highest BCUT2D eigenvalue weighted by Crippen LogP contribution is 2.40. The molecular weight excluding hydrogens is 310 g/mol. The molecule has 0 amide bonds. The molecule has 1 N–H and O–H groups in total. The second kappa shape index (κ2) is 6.31. The van der Waals surface area contributed by atoms with Gasteiger partial charge in [-0.15, -0.1) is 0 Å². The van der Waals surface area contributed by atoms with Crippen molar-refractivity contribution >= 4 is 28.9 Å². The van der Waals surface area contributed by atoms with E-state index in [1.165, 1.54) is 19.3 Å². The number of piperidine rings is 2. The van der Waals surface area contributed by atoms with Gasteiger partial charge in [0.15, 0.2) is 5.82 Å². The van der Waals surface area contributed by atoms with E-state index < -0.39 is 5.82 Å². The number of hydrogen-bond donors (Lipinski definition) is 1. The molecule has 0 aliphatic carbocycles. The monoisotopic (exact) mass is 330 g/mol. The molecule has 2 fully saturated rings. The van der Waals surface area contributed by atoms with Crippen molar-refractivity contribution in [3.63, 3.8) is 0 Å². The second-order valence-electron chi connectivity index (χ2n) is 6.10. The first-order valence-corrected chi connectivity index (χ1v) is 8.52. The SMILES string of the molecule is CCNC1CC2CCCC(C1)N2c1cc(Cl)c(F)c(Cl)c1. The van der Waals surface area contributed by atoms with Crippen LogP contribution in [0.15, 0.2) is 12.1 Å². The molecule has 0 saturated carbocycles. The molecule has 2 bridgehead atoms. The van der Waals surface area contributed by atoms with E-state index in [-0.39, 0.29) is 10.0 Å². The topological polar surface area (TPSA) is 15.3 Å². The van der Waals surface area contributed by atoms with Crippen LogP contribution in [0.1, 0.15) is 39.0 Å². The summed E-state index contributed by atoms with van der Waals surface area (Å²) in [6, 6.07) is 5.04. The van der Waals surface area contributed by atoms with Crippen molar-refractivity contribution in [2.45, 2.75) is 57.2 Å². The van der Waals surface area contributed by atoms with Crippen LogP contribution in [-0.4, -0.2) is 24.7 Å². The molecule has 0 aromatic heterocycles. The van der Waals surface area contributed by atoms with Crippen molar-refractivity contribution < 1.29 is 4.39 Å². The van der Waals surface area contributed by atoms with E-state index in [1.54, 1.807) is 12.1 Å². The Morgan fingerprint density at radius 2 is 1.76 bits per heavy atom. The van der Waals surface area contributed by atoms with Gasteiger partial charge in [0.1, 0.15) is 0 Å². The van der Waals surface area contributed by atoms with Gasteiger partial charge in [0.25, 0.3) is 0 Å². The van der Waals surface area contributed by atoms with Crippen molar-refractivity contribution in [1.82, 2.24) is 5.32 Å². The molecule has 1 aromatic rings. The molecule has 2 aliphatic rings. The third-order valence-electron chi connectivity index (χ3n) is 4.73.